The van der Waals surface area contributed by atoms with E-state index in [1.807, 2.05) is 0 Å². The van der Waals surface area contributed by atoms with Crippen LogP contribution < -0.4 is 0 Å². The molecule has 0 spiro atoms. The number of rotatable bonds is 12. The maximum atomic E-state index is 3.86. The second-order valence-electron chi connectivity index (χ2n) is 19.4. The molecule has 6 aromatic carbocycles. The van der Waals surface area contributed by atoms with E-state index in [9.17, 15) is 0 Å². The molecule has 6 aromatic rings. The fraction of sp³-hybridized carbons (Fsp3) is 0.400. The minimum Gasteiger partial charge on any atom is -0.0617 e. The molecular weight excluding hydrogens is 860 g/mol. The molecule has 8 radical (unpaired) electrons. The zero-order valence-electron chi connectivity index (χ0n) is 41.2. The van der Waals surface area contributed by atoms with Gasteiger partial charge in [-0.3, -0.25) is 0 Å². The molecule has 0 aliphatic heterocycles. The first-order chi connectivity index (χ1) is 28.4. The van der Waals surface area contributed by atoms with Crippen molar-refractivity contribution in [1.82, 2.24) is 0 Å². The maximum Gasteiger partial charge on any atom is 0 e. The third-order valence-corrected chi connectivity index (χ3v) is 12.2. The molecule has 0 aliphatic rings. The minimum absolute atomic E-state index is 0. The van der Waals surface area contributed by atoms with Crippen LogP contribution in [0.3, 0.4) is 0 Å². The van der Waals surface area contributed by atoms with Gasteiger partial charge in [-0.15, -0.1) is 0 Å². The van der Waals surface area contributed by atoms with Crippen LogP contribution in [-0.4, -0.2) is 39.6 Å². The Hall–Kier alpha value is -3.41. The van der Waals surface area contributed by atoms with Gasteiger partial charge in [0.1, 0.15) is 0 Å². The van der Waals surface area contributed by atoms with E-state index < -0.39 is 0 Å². The second-order valence-corrected chi connectivity index (χ2v) is 19.4. The smallest absolute Gasteiger partial charge is 0 e. The molecule has 0 saturated carbocycles. The third kappa shape index (κ3) is 12.0. The molecule has 0 saturated heterocycles. The molecule has 0 amide bonds. The van der Waals surface area contributed by atoms with Crippen molar-refractivity contribution in [3.63, 3.8) is 0 Å². The summed E-state index contributed by atoms with van der Waals surface area (Å²) in [6, 6.07) is 48.2. The normalized spacial score (nSPS) is 11.5. The molecule has 0 N–H and O–H groups in total. The van der Waals surface area contributed by atoms with Crippen molar-refractivity contribution >= 4 is 39.6 Å². The third-order valence-electron chi connectivity index (χ3n) is 12.2. The summed E-state index contributed by atoms with van der Waals surface area (Å²) in [7, 11) is 0. The van der Waals surface area contributed by atoms with Gasteiger partial charge in [-0.05, 0) is 148 Å². The van der Waals surface area contributed by atoms with Crippen LogP contribution in [0.25, 0.3) is 44.5 Å². The zero-order valence-corrected chi connectivity index (χ0v) is 46.0. The molecule has 0 fully saturated rings. The summed E-state index contributed by atoms with van der Waals surface area (Å²) in [5.74, 6) is 3.81. The standard InChI is InChI=1S/2C30H37.2Ga.2H2/c2*1-19(2)25-14-10-15-26(20(3)4)29(25)23-12-9-13-24(18-23)30-27(21(5)6)16-11-17-28(30)22(7)8;;;;/h2*9-17,19-22H,1-8H3;;;2*1H. The van der Waals surface area contributed by atoms with Crippen molar-refractivity contribution in [2.75, 3.05) is 0 Å². The van der Waals surface area contributed by atoms with Crippen molar-refractivity contribution < 1.29 is 2.85 Å². The Bertz CT molecular complexity index is 1930. The van der Waals surface area contributed by atoms with E-state index in [0.717, 1.165) is 0 Å². The van der Waals surface area contributed by atoms with Gasteiger partial charge in [-0.25, -0.2) is 0 Å². The average Bonchev–Trinajstić information content (AvgIpc) is 3.22. The largest absolute Gasteiger partial charge is 0.0617 e. The van der Waals surface area contributed by atoms with Crippen LogP contribution in [0.5, 0.6) is 0 Å². The number of hydrogen-bond donors (Lipinski definition) is 0. The Morgan fingerprint density at radius 3 is 0.500 bits per heavy atom. The molecule has 0 heterocycles. The van der Waals surface area contributed by atoms with E-state index in [1.54, 1.807) is 0 Å². The summed E-state index contributed by atoms with van der Waals surface area (Å²) < 4.78 is 0. The predicted octanol–water partition coefficient (Wildman–Crippen LogP) is 18.4. The van der Waals surface area contributed by atoms with Crippen LogP contribution in [0.2, 0.25) is 0 Å². The Kier molecular flexibility index (Phi) is 20.1. The predicted molar refractivity (Wildman–Crippen MR) is 281 cm³/mol. The first-order valence-corrected chi connectivity index (χ1v) is 23.0. The fourth-order valence-electron chi connectivity index (χ4n) is 8.97. The summed E-state index contributed by atoms with van der Waals surface area (Å²) in [6.07, 6.45) is 0. The van der Waals surface area contributed by atoms with E-state index >= 15 is 0 Å². The Morgan fingerprint density at radius 1 is 0.242 bits per heavy atom. The van der Waals surface area contributed by atoms with Gasteiger partial charge in [0.15, 0.2) is 0 Å². The monoisotopic (exact) mass is 936 g/mol. The van der Waals surface area contributed by atoms with Crippen molar-refractivity contribution in [2.45, 2.75) is 158 Å². The molecule has 324 valence electrons. The van der Waals surface area contributed by atoms with Crippen LogP contribution >= 0.6 is 0 Å². The summed E-state index contributed by atoms with van der Waals surface area (Å²) in [5.41, 5.74) is 21.7. The Labute approximate surface area is 408 Å². The molecule has 0 nitrogen and oxygen atoms in total. The van der Waals surface area contributed by atoms with Crippen LogP contribution in [0, 0.1) is 12.1 Å². The summed E-state index contributed by atoms with van der Waals surface area (Å²) in [4.78, 5) is 0. The summed E-state index contributed by atoms with van der Waals surface area (Å²) in [5, 5.41) is 0. The fourth-order valence-corrected chi connectivity index (χ4v) is 8.97. The van der Waals surface area contributed by atoms with Crippen molar-refractivity contribution in [3.8, 4) is 44.5 Å². The average molecular weight is 939 g/mol. The Balaban J connectivity index is 0.000000602. The van der Waals surface area contributed by atoms with Gasteiger partial charge in [0.05, 0.1) is 0 Å². The minimum atomic E-state index is 0. The molecule has 62 heavy (non-hydrogen) atoms. The van der Waals surface area contributed by atoms with Crippen LogP contribution in [0.15, 0.2) is 109 Å². The molecule has 6 rings (SSSR count). The van der Waals surface area contributed by atoms with Crippen LogP contribution in [0.4, 0.5) is 0 Å². The van der Waals surface area contributed by atoms with Gasteiger partial charge in [0.25, 0.3) is 0 Å². The number of hydrogen-bond acceptors (Lipinski definition) is 0. The molecule has 0 aliphatic carbocycles. The van der Waals surface area contributed by atoms with Gasteiger partial charge in [0, 0.05) is 42.4 Å². The van der Waals surface area contributed by atoms with Crippen molar-refractivity contribution in [3.05, 3.63) is 166 Å². The SMILES string of the molecule is CC(C)c1cccc(C(C)C)c1-c1[c]c(-c2c(C(C)C)cccc2C(C)C)ccc1.CC(C)c1cccc(C(C)C)c1-c1[c]c(-c2c(C(C)C)cccc2C(C)C)ccc1.[Ga].[Ga].[HH].[HH]. The molecule has 0 aromatic heterocycles. The number of benzene rings is 6. The van der Waals surface area contributed by atoms with Crippen LogP contribution in [-0.2, 0) is 0 Å². The topological polar surface area (TPSA) is 0 Å². The second kappa shape index (κ2) is 23.5. The van der Waals surface area contributed by atoms with E-state index in [-0.39, 0.29) is 42.4 Å². The Morgan fingerprint density at radius 2 is 0.371 bits per heavy atom. The molecular formula is C60H78Ga2. The molecule has 0 bridgehead atoms. The first kappa shape index (κ1) is 52.9. The van der Waals surface area contributed by atoms with Crippen molar-refractivity contribution in [1.29, 1.82) is 0 Å². The maximum absolute atomic E-state index is 3.86. The van der Waals surface area contributed by atoms with Gasteiger partial charge in [0.2, 0.25) is 0 Å². The van der Waals surface area contributed by atoms with Gasteiger partial charge in [-0.1, -0.05) is 220 Å². The van der Waals surface area contributed by atoms with Crippen LogP contribution in [0.1, 0.15) is 205 Å². The quantitative estimate of drug-likeness (QED) is 0.107. The molecule has 0 unspecified atom stereocenters. The van der Waals surface area contributed by atoms with E-state index in [1.165, 1.54) is 89.0 Å². The summed E-state index contributed by atoms with van der Waals surface area (Å²) in [6.45, 7) is 36.6. The van der Waals surface area contributed by atoms with Gasteiger partial charge in [-0.2, -0.15) is 0 Å². The van der Waals surface area contributed by atoms with E-state index in [0.29, 0.717) is 47.3 Å². The van der Waals surface area contributed by atoms with Gasteiger partial charge < -0.3 is 0 Å². The first-order valence-electron chi connectivity index (χ1n) is 23.0. The van der Waals surface area contributed by atoms with Gasteiger partial charge >= 0.3 is 0 Å². The molecule has 2 heteroatoms. The van der Waals surface area contributed by atoms with Crippen molar-refractivity contribution in [2.24, 2.45) is 0 Å². The molecule has 0 atom stereocenters. The zero-order chi connectivity index (χ0) is 44.0. The van der Waals surface area contributed by atoms with E-state index in [2.05, 4.69) is 232 Å². The van der Waals surface area contributed by atoms with E-state index in [4.69, 9.17) is 0 Å². The summed E-state index contributed by atoms with van der Waals surface area (Å²) >= 11 is 0.